The van der Waals surface area contributed by atoms with Gasteiger partial charge in [0.15, 0.2) is 11.8 Å². The van der Waals surface area contributed by atoms with Crippen LogP contribution in [0.15, 0.2) is 0 Å². The van der Waals surface area contributed by atoms with E-state index in [2.05, 4.69) is 0 Å². The highest BCUT2D eigenvalue weighted by molar-refractivity contribution is 6.11. The first-order valence-corrected chi connectivity index (χ1v) is 4.61. The zero-order valence-corrected chi connectivity index (χ0v) is 8.96. The number of carbonyl (C=O) groups excluding carboxylic acids is 3. The van der Waals surface area contributed by atoms with Gasteiger partial charge in [0.1, 0.15) is 0 Å². The molecule has 1 atom stereocenters. The summed E-state index contributed by atoms with van der Waals surface area (Å²) in [4.78, 5) is 45.1. The Hall–Kier alpha value is -1.84. The number of carbonyl (C=O) groups is 4. The van der Waals surface area contributed by atoms with Crippen molar-refractivity contribution >= 4 is 23.6 Å². The van der Waals surface area contributed by atoms with E-state index in [0.717, 1.165) is 0 Å². The van der Waals surface area contributed by atoms with Gasteiger partial charge in [0.2, 0.25) is 11.8 Å². The Morgan fingerprint density at radius 3 is 1.59 bits per heavy atom. The van der Waals surface area contributed by atoms with Gasteiger partial charge in [-0.1, -0.05) is 0 Å². The minimum absolute atomic E-state index is 0.234. The number of aliphatic carboxylic acids is 1. The second kappa shape index (κ2) is 6.68. The van der Waals surface area contributed by atoms with Gasteiger partial charge in [-0.3, -0.25) is 19.3 Å². The SMILES string of the molecule is NCC(=O)C(C(=O)O)N(C(=O)CN)C(=O)CN. The maximum atomic E-state index is 11.3. The molecular weight excluding hydrogens is 232 g/mol. The number of Topliss-reactive ketones (excluding diaryl/α,β-unsaturated/α-hetero) is 1. The molecule has 17 heavy (non-hydrogen) atoms. The summed E-state index contributed by atoms with van der Waals surface area (Å²) in [7, 11) is 0. The Morgan fingerprint density at radius 1 is 0.941 bits per heavy atom. The zero-order chi connectivity index (χ0) is 13.6. The van der Waals surface area contributed by atoms with Gasteiger partial charge >= 0.3 is 5.97 Å². The van der Waals surface area contributed by atoms with Crippen LogP contribution in [0.2, 0.25) is 0 Å². The zero-order valence-electron chi connectivity index (χ0n) is 8.96. The lowest BCUT2D eigenvalue weighted by Crippen LogP contribution is -2.57. The van der Waals surface area contributed by atoms with Crippen LogP contribution in [0.3, 0.4) is 0 Å². The highest BCUT2D eigenvalue weighted by Crippen LogP contribution is 2.03. The maximum Gasteiger partial charge on any atom is 0.334 e. The predicted octanol–water partition coefficient (Wildman–Crippen LogP) is -3.76. The monoisotopic (exact) mass is 246 g/mol. The molecule has 9 heteroatoms. The Balaban J connectivity index is 5.36. The third-order valence-corrected chi connectivity index (χ3v) is 1.88. The summed E-state index contributed by atoms with van der Waals surface area (Å²) in [5.74, 6) is -4.66. The first-order valence-electron chi connectivity index (χ1n) is 4.61. The number of ketones is 1. The van der Waals surface area contributed by atoms with Gasteiger partial charge in [-0.05, 0) is 0 Å². The van der Waals surface area contributed by atoms with Crippen LogP contribution < -0.4 is 17.2 Å². The molecule has 0 aromatic carbocycles. The van der Waals surface area contributed by atoms with Crippen molar-refractivity contribution in [1.29, 1.82) is 0 Å². The molecule has 0 aliphatic carbocycles. The molecule has 0 aliphatic rings. The standard InChI is InChI=1S/C8H14N4O5/c9-1-4(13)7(8(16)17)12(5(14)2-10)6(15)3-11/h7H,1-3,9-11H2,(H,16,17). The summed E-state index contributed by atoms with van der Waals surface area (Å²) in [5.41, 5.74) is 15.1. The maximum absolute atomic E-state index is 11.3. The van der Waals surface area contributed by atoms with Gasteiger partial charge in [-0.15, -0.1) is 0 Å². The van der Waals surface area contributed by atoms with Crippen LogP contribution in [0.5, 0.6) is 0 Å². The Bertz CT molecular complexity index is 327. The lowest BCUT2D eigenvalue weighted by molar-refractivity contribution is -0.160. The molecule has 0 fully saturated rings. The largest absolute Gasteiger partial charge is 0.479 e. The van der Waals surface area contributed by atoms with E-state index in [1.807, 2.05) is 0 Å². The fraction of sp³-hybridized carbons (Fsp3) is 0.500. The molecule has 0 bridgehead atoms. The molecule has 0 aromatic rings. The number of hydrogen-bond acceptors (Lipinski definition) is 7. The number of nitrogens with zero attached hydrogens (tertiary/aromatic N) is 1. The van der Waals surface area contributed by atoms with Gasteiger partial charge in [-0.25, -0.2) is 4.79 Å². The van der Waals surface area contributed by atoms with Crippen molar-refractivity contribution in [3.05, 3.63) is 0 Å². The minimum atomic E-state index is -1.98. The first kappa shape index (κ1) is 15.2. The summed E-state index contributed by atoms with van der Waals surface area (Å²) in [6.45, 7) is -1.86. The van der Waals surface area contributed by atoms with Crippen molar-refractivity contribution in [3.63, 3.8) is 0 Å². The van der Waals surface area contributed by atoms with Gasteiger partial charge in [-0.2, -0.15) is 0 Å². The molecule has 2 amide bonds. The van der Waals surface area contributed by atoms with Crippen molar-refractivity contribution < 1.29 is 24.3 Å². The molecule has 0 radical (unpaired) electrons. The second-order valence-electron chi connectivity index (χ2n) is 2.98. The quantitative estimate of drug-likeness (QED) is 0.346. The number of imide groups is 1. The third-order valence-electron chi connectivity index (χ3n) is 1.88. The number of carboxylic acid groups (broad SMARTS) is 1. The number of hydrogen-bond donors (Lipinski definition) is 4. The fourth-order valence-electron chi connectivity index (χ4n) is 1.13. The van der Waals surface area contributed by atoms with Crippen LogP contribution in [-0.4, -0.2) is 59.2 Å². The molecule has 0 saturated carbocycles. The second-order valence-corrected chi connectivity index (χ2v) is 2.98. The van der Waals surface area contributed by atoms with E-state index in [4.69, 9.17) is 22.3 Å². The minimum Gasteiger partial charge on any atom is -0.479 e. The molecule has 0 aliphatic heterocycles. The van der Waals surface area contributed by atoms with E-state index in [1.165, 1.54) is 0 Å². The number of rotatable bonds is 6. The molecular formula is C8H14N4O5. The summed E-state index contributed by atoms with van der Waals surface area (Å²) in [5, 5.41) is 8.83. The Kier molecular flexibility index (Phi) is 5.96. The molecule has 0 saturated heterocycles. The van der Waals surface area contributed by atoms with E-state index in [-0.39, 0.29) is 4.90 Å². The molecule has 1 unspecified atom stereocenters. The average Bonchev–Trinajstić information content (AvgIpc) is 2.32. The van der Waals surface area contributed by atoms with Crippen molar-refractivity contribution in [2.45, 2.75) is 6.04 Å². The van der Waals surface area contributed by atoms with E-state index < -0.39 is 49.2 Å². The lowest BCUT2D eigenvalue weighted by Gasteiger charge is -2.24. The summed E-state index contributed by atoms with van der Waals surface area (Å²) in [6.07, 6.45) is 0. The van der Waals surface area contributed by atoms with Gasteiger partial charge in [0.25, 0.3) is 0 Å². The third kappa shape index (κ3) is 3.59. The molecule has 0 spiro atoms. The first-order chi connectivity index (χ1) is 7.90. The normalized spacial score (nSPS) is 11.7. The van der Waals surface area contributed by atoms with E-state index in [1.54, 1.807) is 0 Å². The van der Waals surface area contributed by atoms with Crippen LogP contribution >= 0.6 is 0 Å². The number of amides is 2. The Labute approximate surface area is 96.5 Å². The van der Waals surface area contributed by atoms with Crippen LogP contribution in [0.1, 0.15) is 0 Å². The molecule has 0 aromatic heterocycles. The topological polar surface area (TPSA) is 170 Å². The van der Waals surface area contributed by atoms with Gasteiger partial charge in [0, 0.05) is 0 Å². The smallest absolute Gasteiger partial charge is 0.334 e. The van der Waals surface area contributed by atoms with Gasteiger partial charge in [0.05, 0.1) is 19.6 Å². The number of carboxylic acids is 1. The Morgan fingerprint density at radius 2 is 1.35 bits per heavy atom. The fourth-order valence-corrected chi connectivity index (χ4v) is 1.13. The highest BCUT2D eigenvalue weighted by Gasteiger charge is 2.38. The average molecular weight is 246 g/mol. The molecule has 0 heterocycles. The van der Waals surface area contributed by atoms with Crippen LogP contribution in [-0.2, 0) is 19.2 Å². The molecule has 0 rings (SSSR count). The van der Waals surface area contributed by atoms with E-state index >= 15 is 0 Å². The van der Waals surface area contributed by atoms with Crippen molar-refractivity contribution in [2.24, 2.45) is 17.2 Å². The van der Waals surface area contributed by atoms with E-state index in [9.17, 15) is 19.2 Å². The summed E-state index contributed by atoms with van der Waals surface area (Å²) < 4.78 is 0. The molecule has 9 nitrogen and oxygen atoms in total. The van der Waals surface area contributed by atoms with Crippen molar-refractivity contribution in [3.8, 4) is 0 Å². The number of nitrogens with two attached hydrogens (primary N) is 3. The summed E-state index contributed by atoms with van der Waals surface area (Å²) >= 11 is 0. The molecule has 96 valence electrons. The van der Waals surface area contributed by atoms with Crippen LogP contribution in [0.25, 0.3) is 0 Å². The summed E-state index contributed by atoms with van der Waals surface area (Å²) in [6, 6.07) is -1.98. The van der Waals surface area contributed by atoms with Crippen molar-refractivity contribution in [1.82, 2.24) is 4.90 Å². The van der Waals surface area contributed by atoms with Crippen molar-refractivity contribution in [2.75, 3.05) is 19.6 Å². The van der Waals surface area contributed by atoms with Crippen LogP contribution in [0.4, 0.5) is 0 Å². The lowest BCUT2D eigenvalue weighted by atomic mass is 10.1. The molecule has 7 N–H and O–H groups in total. The van der Waals surface area contributed by atoms with E-state index in [0.29, 0.717) is 0 Å². The van der Waals surface area contributed by atoms with Crippen LogP contribution in [0, 0.1) is 0 Å². The van der Waals surface area contributed by atoms with Gasteiger partial charge < -0.3 is 22.3 Å². The predicted molar refractivity (Wildman–Crippen MR) is 55.4 cm³/mol. The highest BCUT2D eigenvalue weighted by atomic mass is 16.4.